The number of likely N-dealkylation sites (tertiary alicyclic amines) is 1. The zero-order valence-corrected chi connectivity index (χ0v) is 14.9. The van der Waals surface area contributed by atoms with Crippen molar-refractivity contribution in [3.63, 3.8) is 0 Å². The first kappa shape index (κ1) is 15.5. The van der Waals surface area contributed by atoms with E-state index in [1.54, 1.807) is 0 Å². The number of hydrogen-bond donors (Lipinski definition) is 1. The van der Waals surface area contributed by atoms with Gasteiger partial charge in [-0.05, 0) is 60.6 Å². The van der Waals surface area contributed by atoms with Gasteiger partial charge in [0, 0.05) is 31.4 Å². The Labute approximate surface area is 151 Å². The Bertz CT molecular complexity index is 679. The van der Waals surface area contributed by atoms with Crippen molar-refractivity contribution in [2.45, 2.75) is 25.3 Å². The van der Waals surface area contributed by atoms with Crippen molar-refractivity contribution in [1.29, 1.82) is 0 Å². The Balaban J connectivity index is 1.21. The van der Waals surface area contributed by atoms with Crippen LogP contribution in [-0.4, -0.2) is 30.6 Å². The van der Waals surface area contributed by atoms with Crippen molar-refractivity contribution in [2.24, 2.45) is 23.7 Å². The van der Waals surface area contributed by atoms with Crippen LogP contribution in [0.5, 0.6) is 0 Å². The van der Waals surface area contributed by atoms with E-state index in [1.807, 2.05) is 0 Å². The van der Waals surface area contributed by atoms with Gasteiger partial charge in [-0.1, -0.05) is 48.5 Å². The summed E-state index contributed by atoms with van der Waals surface area (Å²) in [5.41, 5.74) is 2.79. The molecule has 2 nitrogen and oxygen atoms in total. The van der Waals surface area contributed by atoms with E-state index in [9.17, 15) is 0 Å². The molecular weight excluding hydrogens is 304 g/mol. The molecule has 0 spiro atoms. The van der Waals surface area contributed by atoms with E-state index < -0.39 is 0 Å². The second kappa shape index (κ2) is 6.49. The summed E-state index contributed by atoms with van der Waals surface area (Å²) in [5, 5.41) is 3.89. The van der Waals surface area contributed by atoms with Crippen molar-refractivity contribution in [1.82, 2.24) is 4.90 Å². The van der Waals surface area contributed by atoms with Crippen LogP contribution in [-0.2, 0) is 6.42 Å². The van der Waals surface area contributed by atoms with Gasteiger partial charge in [-0.2, -0.15) is 0 Å². The lowest BCUT2D eigenvalue weighted by Gasteiger charge is -2.24. The molecule has 130 valence electrons. The lowest BCUT2D eigenvalue weighted by atomic mass is 9.82. The monoisotopic (exact) mass is 332 g/mol. The van der Waals surface area contributed by atoms with Crippen LogP contribution in [0.4, 0.5) is 5.69 Å². The van der Waals surface area contributed by atoms with Gasteiger partial charge in [-0.3, -0.25) is 0 Å². The van der Waals surface area contributed by atoms with Gasteiger partial charge < -0.3 is 10.2 Å². The van der Waals surface area contributed by atoms with Crippen LogP contribution >= 0.6 is 0 Å². The summed E-state index contributed by atoms with van der Waals surface area (Å²) in [6.07, 6.45) is 4.06. The number of nitrogens with one attached hydrogen (secondary N) is 1. The van der Waals surface area contributed by atoms with Crippen molar-refractivity contribution in [2.75, 3.05) is 25.0 Å². The van der Waals surface area contributed by atoms with Gasteiger partial charge >= 0.3 is 0 Å². The van der Waals surface area contributed by atoms with Gasteiger partial charge in [0.1, 0.15) is 0 Å². The molecule has 3 fully saturated rings. The number of rotatable bonds is 5. The molecule has 2 aliphatic carbocycles. The summed E-state index contributed by atoms with van der Waals surface area (Å²) < 4.78 is 0. The fourth-order valence-corrected chi connectivity index (χ4v) is 5.93. The Morgan fingerprint density at radius 1 is 0.760 bits per heavy atom. The van der Waals surface area contributed by atoms with Crippen LogP contribution in [0.3, 0.4) is 0 Å². The molecular formula is C23H28N2. The fourth-order valence-electron chi connectivity index (χ4n) is 5.93. The first-order valence-electron chi connectivity index (χ1n) is 9.96. The maximum atomic E-state index is 3.89. The van der Waals surface area contributed by atoms with Gasteiger partial charge in [-0.15, -0.1) is 0 Å². The maximum Gasteiger partial charge on any atom is 0.0342 e. The minimum absolute atomic E-state index is 0.716. The quantitative estimate of drug-likeness (QED) is 0.878. The third-order valence-corrected chi connectivity index (χ3v) is 7.01. The molecule has 2 saturated carbocycles. The molecule has 0 aromatic heterocycles. The summed E-state index contributed by atoms with van der Waals surface area (Å²) >= 11 is 0. The Kier molecular flexibility index (Phi) is 4.01. The highest BCUT2D eigenvalue weighted by Crippen LogP contribution is 2.56. The molecule has 1 saturated heterocycles. The lowest BCUT2D eigenvalue weighted by molar-refractivity contribution is 0.281. The highest BCUT2D eigenvalue weighted by molar-refractivity contribution is 5.44. The van der Waals surface area contributed by atoms with E-state index in [2.05, 4.69) is 70.9 Å². The molecule has 5 atom stereocenters. The van der Waals surface area contributed by atoms with Crippen LogP contribution in [0.2, 0.25) is 0 Å². The molecule has 25 heavy (non-hydrogen) atoms. The number of nitrogens with zero attached hydrogens (tertiary/aromatic N) is 1. The second-order valence-electron chi connectivity index (χ2n) is 8.26. The standard InChI is InChI=1S/C23H28N2/c1-3-7-17(8-4-1)13-14-25-15-21-19-11-12-20(22(21)16-25)23(19)24-18-9-5-2-6-10-18/h1-10,19-24H,11-16H2/t19-,20+,21-,22+,23?. The Hall–Kier alpha value is -1.80. The van der Waals surface area contributed by atoms with Crippen molar-refractivity contribution in [3.05, 3.63) is 66.2 Å². The molecule has 1 unspecified atom stereocenters. The number of para-hydroxylation sites is 1. The van der Waals surface area contributed by atoms with Crippen molar-refractivity contribution in [3.8, 4) is 0 Å². The highest BCUT2D eigenvalue weighted by Gasteiger charge is 2.57. The molecule has 0 amide bonds. The van der Waals surface area contributed by atoms with E-state index in [1.165, 1.54) is 50.1 Å². The molecule has 1 aliphatic heterocycles. The third-order valence-electron chi connectivity index (χ3n) is 7.01. The molecule has 1 N–H and O–H groups in total. The number of fused-ring (bicyclic) bond motifs is 5. The first-order valence-corrected chi connectivity index (χ1v) is 9.96. The van der Waals surface area contributed by atoms with Crippen LogP contribution in [0, 0.1) is 23.7 Å². The third kappa shape index (κ3) is 2.87. The predicted octanol–water partition coefficient (Wildman–Crippen LogP) is 4.30. The average molecular weight is 332 g/mol. The predicted molar refractivity (Wildman–Crippen MR) is 104 cm³/mol. The molecule has 5 rings (SSSR count). The lowest BCUT2D eigenvalue weighted by Crippen LogP contribution is -2.32. The van der Waals surface area contributed by atoms with Crippen LogP contribution in [0.1, 0.15) is 18.4 Å². The molecule has 1 heterocycles. The van der Waals surface area contributed by atoms with Crippen LogP contribution in [0.25, 0.3) is 0 Å². The van der Waals surface area contributed by atoms with Crippen molar-refractivity contribution >= 4 is 5.69 Å². The normalized spacial score (nSPS) is 33.5. The zero-order valence-electron chi connectivity index (χ0n) is 14.9. The molecule has 0 radical (unpaired) electrons. The number of benzene rings is 2. The highest BCUT2D eigenvalue weighted by atomic mass is 15.2. The van der Waals surface area contributed by atoms with Gasteiger partial charge in [0.05, 0.1) is 0 Å². The van der Waals surface area contributed by atoms with E-state index in [-0.39, 0.29) is 0 Å². The summed E-state index contributed by atoms with van der Waals surface area (Å²) in [6.45, 7) is 3.88. The summed E-state index contributed by atoms with van der Waals surface area (Å²) in [6, 6.07) is 22.5. The average Bonchev–Trinajstić information content (AvgIpc) is 3.32. The number of anilines is 1. The summed E-state index contributed by atoms with van der Waals surface area (Å²) in [4.78, 5) is 2.74. The Morgan fingerprint density at radius 2 is 1.36 bits per heavy atom. The van der Waals surface area contributed by atoms with E-state index in [0.29, 0.717) is 6.04 Å². The van der Waals surface area contributed by atoms with E-state index in [4.69, 9.17) is 0 Å². The maximum absolute atomic E-state index is 3.89. The molecule has 2 bridgehead atoms. The zero-order chi connectivity index (χ0) is 16.6. The SMILES string of the molecule is c1ccc(CCN2C[C@@H]3[C@H](C2)[C@H]2CC[C@@H]3C2Nc2ccccc2)cc1. The van der Waals surface area contributed by atoms with Crippen LogP contribution in [0.15, 0.2) is 60.7 Å². The Morgan fingerprint density at radius 3 is 2.00 bits per heavy atom. The summed E-state index contributed by atoms with van der Waals surface area (Å²) in [7, 11) is 0. The first-order chi connectivity index (χ1) is 12.4. The van der Waals surface area contributed by atoms with Gasteiger partial charge in [-0.25, -0.2) is 0 Å². The summed E-state index contributed by atoms with van der Waals surface area (Å²) in [5.74, 6) is 3.63. The largest absolute Gasteiger partial charge is 0.382 e. The minimum atomic E-state index is 0.716. The van der Waals surface area contributed by atoms with Gasteiger partial charge in [0.15, 0.2) is 0 Å². The number of hydrogen-bond acceptors (Lipinski definition) is 2. The van der Waals surface area contributed by atoms with Crippen molar-refractivity contribution < 1.29 is 0 Å². The smallest absolute Gasteiger partial charge is 0.0342 e. The minimum Gasteiger partial charge on any atom is -0.382 e. The molecule has 3 aliphatic rings. The molecule has 2 heteroatoms. The van der Waals surface area contributed by atoms with E-state index in [0.717, 1.165) is 23.7 Å². The fraction of sp³-hybridized carbons (Fsp3) is 0.478. The molecule has 2 aromatic rings. The van der Waals surface area contributed by atoms with E-state index >= 15 is 0 Å². The second-order valence-corrected chi connectivity index (χ2v) is 8.26. The topological polar surface area (TPSA) is 15.3 Å². The molecule has 2 aromatic carbocycles. The van der Waals surface area contributed by atoms with Crippen LogP contribution < -0.4 is 5.32 Å². The van der Waals surface area contributed by atoms with Gasteiger partial charge in [0.2, 0.25) is 0 Å². The van der Waals surface area contributed by atoms with Gasteiger partial charge in [0.25, 0.3) is 0 Å².